The molecule has 0 aliphatic carbocycles. The summed E-state index contributed by atoms with van der Waals surface area (Å²) in [6.07, 6.45) is 3.51. The zero-order valence-corrected chi connectivity index (χ0v) is 26.9. The molecule has 2 atom stereocenters. The molecule has 2 amide bonds. The summed E-state index contributed by atoms with van der Waals surface area (Å²) >= 11 is 6.02. The fourth-order valence-corrected chi connectivity index (χ4v) is 6.10. The molecule has 0 bridgehead atoms. The van der Waals surface area contributed by atoms with Crippen LogP contribution in [0, 0.1) is 0 Å². The Bertz CT molecular complexity index is 1550. The monoisotopic (exact) mass is 673 g/mol. The van der Waals surface area contributed by atoms with E-state index in [1.54, 1.807) is 23.1 Å². The fraction of sp³-hybridized carbons (Fsp3) is 0.500. The molecule has 0 spiro atoms. The fourth-order valence-electron chi connectivity index (χ4n) is 5.97. The molecule has 1 N–H and O–H groups in total. The third kappa shape index (κ3) is 8.11. The molecule has 3 aliphatic heterocycles. The first-order chi connectivity index (χ1) is 22.7. The number of alkyl halides is 2. The normalized spacial score (nSPS) is 20.3. The zero-order chi connectivity index (χ0) is 32.9. The lowest BCUT2D eigenvalue weighted by Crippen LogP contribution is -2.44. The molecule has 3 aromatic rings. The molecule has 3 aliphatic rings. The van der Waals surface area contributed by atoms with Crippen molar-refractivity contribution in [1.82, 2.24) is 34.8 Å². The quantitative estimate of drug-likeness (QED) is 0.281. The van der Waals surface area contributed by atoms with Crippen molar-refractivity contribution < 1.29 is 32.6 Å². The minimum atomic E-state index is -2.85. The lowest BCUT2D eigenvalue weighted by atomic mass is 10.0. The van der Waals surface area contributed by atoms with E-state index in [9.17, 15) is 18.4 Å². The maximum Gasteiger partial charge on any atom is 0.410 e. The van der Waals surface area contributed by atoms with E-state index in [1.165, 1.54) is 12.4 Å². The number of fused-ring (bicyclic) bond motifs is 1. The van der Waals surface area contributed by atoms with Crippen LogP contribution in [0.15, 0.2) is 42.7 Å². The van der Waals surface area contributed by atoms with Crippen molar-refractivity contribution in [2.24, 2.45) is 0 Å². The van der Waals surface area contributed by atoms with Crippen molar-refractivity contribution in [3.8, 4) is 22.9 Å². The Labute approximate surface area is 276 Å². The first kappa shape index (κ1) is 32.9. The van der Waals surface area contributed by atoms with Crippen LogP contribution in [0.5, 0.6) is 11.6 Å². The molecule has 1 aromatic carbocycles. The van der Waals surface area contributed by atoms with Crippen LogP contribution in [-0.2, 0) is 11.3 Å². The Morgan fingerprint density at radius 2 is 1.96 bits per heavy atom. The molecule has 0 radical (unpaired) electrons. The summed E-state index contributed by atoms with van der Waals surface area (Å²) in [6, 6.07) is 8.54. The Morgan fingerprint density at radius 3 is 2.70 bits per heavy atom. The van der Waals surface area contributed by atoms with Crippen LogP contribution in [0.1, 0.15) is 41.7 Å². The van der Waals surface area contributed by atoms with E-state index < -0.39 is 12.5 Å². The second-order valence-corrected chi connectivity index (χ2v) is 12.5. The number of hydrogen-bond donors (Lipinski definition) is 1. The largest absolute Gasteiger partial charge is 0.488 e. The number of carbonyl (C=O) groups is 2. The Kier molecular flexibility index (Phi) is 10.4. The van der Waals surface area contributed by atoms with Gasteiger partial charge in [0.1, 0.15) is 29.7 Å². The number of ether oxygens (including phenoxy) is 3. The van der Waals surface area contributed by atoms with Gasteiger partial charge in [0.15, 0.2) is 0 Å². The molecule has 252 valence electrons. The molecule has 47 heavy (non-hydrogen) atoms. The van der Waals surface area contributed by atoms with Crippen LogP contribution in [0.25, 0.3) is 11.3 Å². The number of pyridine rings is 1. The van der Waals surface area contributed by atoms with E-state index in [2.05, 4.69) is 27.3 Å². The maximum absolute atomic E-state index is 13.7. The van der Waals surface area contributed by atoms with Gasteiger partial charge in [-0.1, -0.05) is 23.7 Å². The minimum absolute atomic E-state index is 0.0636. The van der Waals surface area contributed by atoms with Gasteiger partial charge in [0, 0.05) is 81.5 Å². The topological polar surface area (TPSA) is 114 Å². The highest BCUT2D eigenvalue weighted by Gasteiger charge is 2.39. The lowest BCUT2D eigenvalue weighted by molar-refractivity contribution is 0.0566. The molecule has 12 nitrogen and oxygen atoms in total. The summed E-state index contributed by atoms with van der Waals surface area (Å²) in [5.74, 6) is -0.150. The second kappa shape index (κ2) is 14.8. The number of amides is 2. The predicted molar refractivity (Wildman–Crippen MR) is 169 cm³/mol. The van der Waals surface area contributed by atoms with Gasteiger partial charge in [-0.05, 0) is 31.2 Å². The number of aromatic nitrogens is 3. The summed E-state index contributed by atoms with van der Waals surface area (Å²) in [7, 11) is 2.11. The van der Waals surface area contributed by atoms with Crippen LogP contribution < -0.4 is 14.8 Å². The number of carbonyl (C=O) groups excluding carboxylic acids is 2. The van der Waals surface area contributed by atoms with Gasteiger partial charge in [-0.25, -0.2) is 14.5 Å². The zero-order valence-electron chi connectivity index (χ0n) is 26.1. The van der Waals surface area contributed by atoms with Gasteiger partial charge in [-0.2, -0.15) is 13.9 Å². The van der Waals surface area contributed by atoms with Gasteiger partial charge in [-0.15, -0.1) is 0 Å². The third-order valence-electron chi connectivity index (χ3n) is 8.69. The summed E-state index contributed by atoms with van der Waals surface area (Å²) < 4.78 is 45.4. The summed E-state index contributed by atoms with van der Waals surface area (Å²) in [6.45, 7) is 3.16. The summed E-state index contributed by atoms with van der Waals surface area (Å²) in [5.41, 5.74) is 1.50. The molecule has 6 rings (SSSR count). The number of piperidine rings is 1. The highest BCUT2D eigenvalue weighted by Crippen LogP contribution is 2.36. The van der Waals surface area contributed by atoms with Crippen LogP contribution in [0.2, 0.25) is 5.02 Å². The lowest BCUT2D eigenvalue weighted by Gasteiger charge is -2.33. The summed E-state index contributed by atoms with van der Waals surface area (Å²) in [4.78, 5) is 36.8. The first-order valence-electron chi connectivity index (χ1n) is 15.8. The van der Waals surface area contributed by atoms with Gasteiger partial charge in [0.2, 0.25) is 5.88 Å². The average molecular weight is 674 g/mol. The number of likely N-dealkylation sites (N-methyl/N-ethyl adjacent to an activating group) is 1. The molecule has 3 saturated heterocycles. The number of nitrogens with zero attached hydrogens (tertiary/aromatic N) is 6. The minimum Gasteiger partial charge on any atom is -0.488 e. The average Bonchev–Trinajstić information content (AvgIpc) is 3.71. The predicted octanol–water partition coefficient (Wildman–Crippen LogP) is 4.30. The number of nitrogens with one attached hydrogen (secondary N) is 1. The van der Waals surface area contributed by atoms with Gasteiger partial charge in [0.05, 0.1) is 18.8 Å². The molecule has 15 heteroatoms. The van der Waals surface area contributed by atoms with E-state index in [0.717, 1.165) is 38.3 Å². The Morgan fingerprint density at radius 1 is 1.17 bits per heavy atom. The summed E-state index contributed by atoms with van der Waals surface area (Å²) in [5, 5.41) is 7.30. The van der Waals surface area contributed by atoms with Gasteiger partial charge < -0.3 is 34.2 Å². The third-order valence-corrected chi connectivity index (χ3v) is 8.94. The van der Waals surface area contributed by atoms with E-state index in [4.69, 9.17) is 30.8 Å². The first-order valence-corrected chi connectivity index (χ1v) is 16.2. The number of piperazine rings is 1. The number of hydrogen-bond acceptors (Lipinski definition) is 9. The molecule has 3 fully saturated rings. The van der Waals surface area contributed by atoms with Crippen molar-refractivity contribution in [2.45, 2.75) is 44.5 Å². The molecular formula is C32H38ClF2N7O5. The standard InChI is InChI=1S/C32H38ClF2N7O5/c1-39-10-12-40(13-11-39)8-2-14-45-30-26(29(43)36-17-21-3-5-23(33)6-4-21)16-27(28(38-30)22-18-37-42(19-22)31(34)35)47-25-7-9-41-24(15-25)20-46-32(41)44/h3-6,16,18-19,24-25,31H,2,7-15,17,20H2,1H3,(H,36,43)/t24-,25-/m0/s1. The van der Waals surface area contributed by atoms with Crippen LogP contribution in [0.4, 0.5) is 13.6 Å². The molecular weight excluding hydrogens is 636 g/mol. The van der Waals surface area contributed by atoms with Crippen LogP contribution in [-0.4, -0.2) is 113 Å². The molecule has 0 saturated carbocycles. The number of cyclic esters (lactones) is 1. The smallest absolute Gasteiger partial charge is 0.410 e. The van der Waals surface area contributed by atoms with Crippen molar-refractivity contribution in [1.29, 1.82) is 0 Å². The van der Waals surface area contributed by atoms with E-state index in [-0.39, 0.29) is 59.8 Å². The number of halogens is 3. The Hall–Kier alpha value is -4.01. The highest BCUT2D eigenvalue weighted by molar-refractivity contribution is 6.30. The van der Waals surface area contributed by atoms with Crippen molar-refractivity contribution in [3.63, 3.8) is 0 Å². The van der Waals surface area contributed by atoms with E-state index in [0.29, 0.717) is 42.1 Å². The molecule has 2 aromatic heterocycles. The number of rotatable bonds is 12. The molecule has 0 unspecified atom stereocenters. The van der Waals surface area contributed by atoms with Crippen LogP contribution >= 0.6 is 11.6 Å². The van der Waals surface area contributed by atoms with Crippen molar-refractivity contribution >= 4 is 23.6 Å². The Balaban J connectivity index is 1.27. The SMILES string of the molecule is CN1CCN(CCCOc2nc(-c3cnn(C(F)F)c3)c(O[C@H]3CCN4C(=O)OC[C@@H]4C3)cc2C(=O)NCc2ccc(Cl)cc2)CC1. The molecule has 5 heterocycles. The van der Waals surface area contributed by atoms with Gasteiger partial charge in [-0.3, -0.25) is 4.79 Å². The van der Waals surface area contributed by atoms with E-state index >= 15 is 0 Å². The van der Waals surface area contributed by atoms with Crippen molar-refractivity contribution in [2.75, 3.05) is 59.5 Å². The van der Waals surface area contributed by atoms with Crippen LogP contribution in [0.3, 0.4) is 0 Å². The second-order valence-electron chi connectivity index (χ2n) is 12.0. The van der Waals surface area contributed by atoms with Crippen molar-refractivity contribution in [3.05, 3.63) is 58.9 Å². The maximum atomic E-state index is 13.7. The van der Waals surface area contributed by atoms with Gasteiger partial charge >= 0.3 is 12.6 Å². The van der Waals surface area contributed by atoms with E-state index in [1.807, 2.05) is 12.1 Å². The number of benzene rings is 1. The van der Waals surface area contributed by atoms with Gasteiger partial charge in [0.25, 0.3) is 5.91 Å². The highest BCUT2D eigenvalue weighted by atomic mass is 35.5.